The summed E-state index contributed by atoms with van der Waals surface area (Å²) in [7, 11) is 1.66. The number of rotatable bonds is 7. The molecule has 0 aliphatic carbocycles. The molecule has 2 atom stereocenters. The Morgan fingerprint density at radius 1 is 1.43 bits per heavy atom. The molecule has 1 aromatic carbocycles. The lowest BCUT2D eigenvalue weighted by Crippen LogP contribution is -2.52. The lowest BCUT2D eigenvalue weighted by molar-refractivity contribution is -0.0504. The van der Waals surface area contributed by atoms with Gasteiger partial charge < -0.3 is 20.1 Å². The predicted octanol–water partition coefficient (Wildman–Crippen LogP) is 3.33. The molecule has 1 heterocycles. The number of hydrogen-bond donors (Lipinski definition) is 2. The zero-order valence-electron chi connectivity index (χ0n) is 16.3. The van der Waals surface area contributed by atoms with Gasteiger partial charge in [0.05, 0.1) is 13.2 Å². The number of hydrogen-bond acceptors (Lipinski definition) is 4. The van der Waals surface area contributed by atoms with Crippen molar-refractivity contribution in [1.29, 1.82) is 0 Å². The minimum Gasteiger partial charge on any atom is -0.434 e. The van der Waals surface area contributed by atoms with Gasteiger partial charge in [-0.2, -0.15) is 8.78 Å². The van der Waals surface area contributed by atoms with Gasteiger partial charge in [0, 0.05) is 49.4 Å². The largest absolute Gasteiger partial charge is 0.434 e. The molecule has 160 valence electrons. The molecule has 0 amide bonds. The van der Waals surface area contributed by atoms with Crippen molar-refractivity contribution in [2.45, 2.75) is 39.1 Å². The molecule has 6 nitrogen and oxygen atoms in total. The number of benzene rings is 1. The first-order chi connectivity index (χ1) is 12.9. The van der Waals surface area contributed by atoms with Crippen molar-refractivity contribution in [2.75, 3.05) is 33.4 Å². The maximum absolute atomic E-state index is 12.6. The second-order valence-corrected chi connectivity index (χ2v) is 6.88. The van der Waals surface area contributed by atoms with Crippen LogP contribution in [0.2, 0.25) is 5.02 Å². The summed E-state index contributed by atoms with van der Waals surface area (Å²) in [5.41, 5.74) is 0.528. The summed E-state index contributed by atoms with van der Waals surface area (Å²) in [5, 5.41) is 6.83. The summed E-state index contributed by atoms with van der Waals surface area (Å²) in [6, 6.07) is 5.21. The molecular weight excluding hydrogens is 505 g/mol. The average molecular weight is 533 g/mol. The van der Waals surface area contributed by atoms with Crippen LogP contribution < -0.4 is 15.4 Å². The van der Waals surface area contributed by atoms with E-state index >= 15 is 0 Å². The van der Waals surface area contributed by atoms with E-state index < -0.39 is 6.61 Å². The SMILES string of the molecule is CN=C(NCc1cc(Cl)ccc1OC(F)F)NCC(C)N1CCOCC1C.I. The van der Waals surface area contributed by atoms with Crippen molar-refractivity contribution in [3.05, 3.63) is 28.8 Å². The van der Waals surface area contributed by atoms with Crippen molar-refractivity contribution in [1.82, 2.24) is 15.5 Å². The smallest absolute Gasteiger partial charge is 0.387 e. The third kappa shape index (κ3) is 7.84. The van der Waals surface area contributed by atoms with Gasteiger partial charge in [-0.3, -0.25) is 9.89 Å². The van der Waals surface area contributed by atoms with E-state index in [0.717, 1.165) is 19.8 Å². The van der Waals surface area contributed by atoms with E-state index in [1.165, 1.54) is 12.1 Å². The van der Waals surface area contributed by atoms with Crippen molar-refractivity contribution in [3.63, 3.8) is 0 Å². The Morgan fingerprint density at radius 2 is 2.18 bits per heavy atom. The Balaban J connectivity index is 0.00000392. The number of nitrogens with zero attached hydrogens (tertiary/aromatic N) is 2. The third-order valence-electron chi connectivity index (χ3n) is 4.46. The fourth-order valence-electron chi connectivity index (χ4n) is 3.05. The maximum atomic E-state index is 12.6. The fourth-order valence-corrected chi connectivity index (χ4v) is 3.25. The van der Waals surface area contributed by atoms with Crippen molar-refractivity contribution < 1.29 is 18.3 Å². The lowest BCUT2D eigenvalue weighted by Gasteiger charge is -2.38. The fraction of sp³-hybridized carbons (Fsp3) is 0.611. The number of aliphatic imine (C=N–C) groups is 1. The Morgan fingerprint density at radius 3 is 2.82 bits per heavy atom. The second-order valence-electron chi connectivity index (χ2n) is 6.45. The van der Waals surface area contributed by atoms with Gasteiger partial charge in [0.2, 0.25) is 0 Å². The van der Waals surface area contributed by atoms with E-state index in [1.54, 1.807) is 13.1 Å². The van der Waals surface area contributed by atoms with Gasteiger partial charge in [-0.25, -0.2) is 0 Å². The van der Waals surface area contributed by atoms with Crippen molar-refractivity contribution >= 4 is 41.5 Å². The number of morpholine rings is 1. The van der Waals surface area contributed by atoms with Crippen LogP contribution in [0.3, 0.4) is 0 Å². The van der Waals surface area contributed by atoms with Crippen LogP contribution in [0.4, 0.5) is 8.78 Å². The Hall–Kier alpha value is -0.910. The van der Waals surface area contributed by atoms with E-state index in [9.17, 15) is 8.78 Å². The van der Waals surface area contributed by atoms with Crippen LogP contribution in [0, 0.1) is 0 Å². The monoisotopic (exact) mass is 532 g/mol. The quantitative estimate of drug-likeness (QED) is 0.321. The average Bonchev–Trinajstić information content (AvgIpc) is 2.63. The lowest BCUT2D eigenvalue weighted by atomic mass is 10.2. The van der Waals surface area contributed by atoms with E-state index in [0.29, 0.717) is 35.2 Å². The van der Waals surface area contributed by atoms with E-state index in [1.807, 2.05) is 0 Å². The summed E-state index contributed by atoms with van der Waals surface area (Å²) >= 11 is 5.97. The Bertz CT molecular complexity index is 640. The van der Waals surface area contributed by atoms with E-state index in [2.05, 4.69) is 39.1 Å². The molecule has 0 radical (unpaired) electrons. The molecular formula is C18H28ClF2IN4O2. The van der Waals surface area contributed by atoms with E-state index in [-0.39, 0.29) is 36.3 Å². The van der Waals surface area contributed by atoms with E-state index in [4.69, 9.17) is 16.3 Å². The standard InChI is InChI=1S/C18H27ClF2N4O2.HI/c1-12(25-6-7-26-11-13(25)2)9-23-18(22-3)24-10-14-8-15(19)4-5-16(14)27-17(20)21;/h4-5,8,12-13,17H,6-7,9-11H2,1-3H3,(H2,22,23,24);1H. The summed E-state index contributed by atoms with van der Waals surface area (Å²) in [6.45, 7) is 4.72. The Labute approximate surface area is 187 Å². The molecule has 1 saturated heterocycles. The van der Waals surface area contributed by atoms with Crippen LogP contribution in [0.15, 0.2) is 23.2 Å². The minimum atomic E-state index is -2.89. The van der Waals surface area contributed by atoms with Gasteiger partial charge in [0.15, 0.2) is 5.96 Å². The van der Waals surface area contributed by atoms with Gasteiger partial charge >= 0.3 is 6.61 Å². The number of nitrogens with one attached hydrogen (secondary N) is 2. The molecule has 0 saturated carbocycles. The highest BCUT2D eigenvalue weighted by molar-refractivity contribution is 14.0. The first-order valence-electron chi connectivity index (χ1n) is 8.92. The number of halogens is 4. The van der Waals surface area contributed by atoms with Crippen molar-refractivity contribution in [3.8, 4) is 5.75 Å². The molecule has 1 fully saturated rings. The van der Waals surface area contributed by atoms with Crippen molar-refractivity contribution in [2.24, 2.45) is 4.99 Å². The minimum absolute atomic E-state index is 0. The van der Waals surface area contributed by atoms with Gasteiger partial charge in [-0.15, -0.1) is 24.0 Å². The van der Waals surface area contributed by atoms with Gasteiger partial charge in [0.1, 0.15) is 5.75 Å². The molecule has 10 heteroatoms. The van der Waals surface area contributed by atoms with Crippen LogP contribution >= 0.6 is 35.6 Å². The summed E-state index contributed by atoms with van der Waals surface area (Å²) in [5.74, 6) is 0.665. The topological polar surface area (TPSA) is 58.1 Å². The van der Waals surface area contributed by atoms with Gasteiger partial charge in [-0.05, 0) is 32.0 Å². The molecule has 1 aromatic rings. The highest BCUT2D eigenvalue weighted by atomic mass is 127. The molecule has 1 aliphatic heterocycles. The van der Waals surface area contributed by atoms with Crippen LogP contribution in [0.25, 0.3) is 0 Å². The highest BCUT2D eigenvalue weighted by Crippen LogP contribution is 2.24. The number of guanidine groups is 1. The van der Waals surface area contributed by atoms with Crippen LogP contribution in [0.5, 0.6) is 5.75 Å². The first-order valence-corrected chi connectivity index (χ1v) is 9.29. The first kappa shape index (κ1) is 25.1. The van der Waals surface area contributed by atoms with Crippen LogP contribution in [-0.2, 0) is 11.3 Å². The van der Waals surface area contributed by atoms with Crippen LogP contribution in [0.1, 0.15) is 19.4 Å². The molecule has 1 aliphatic rings. The molecule has 2 rings (SSSR count). The summed E-state index contributed by atoms with van der Waals surface area (Å²) in [4.78, 5) is 6.57. The zero-order valence-corrected chi connectivity index (χ0v) is 19.3. The van der Waals surface area contributed by atoms with Gasteiger partial charge in [0.25, 0.3) is 0 Å². The maximum Gasteiger partial charge on any atom is 0.387 e. The summed E-state index contributed by atoms with van der Waals surface area (Å²) in [6.07, 6.45) is 0. The third-order valence-corrected chi connectivity index (χ3v) is 4.69. The molecule has 0 aromatic heterocycles. The summed E-state index contributed by atoms with van der Waals surface area (Å²) < 4.78 is 35.1. The molecule has 2 unspecified atom stereocenters. The number of alkyl halides is 2. The normalized spacial score (nSPS) is 19.1. The highest BCUT2D eigenvalue weighted by Gasteiger charge is 2.23. The molecule has 2 N–H and O–H groups in total. The number of ether oxygens (including phenoxy) is 2. The zero-order chi connectivity index (χ0) is 19.8. The molecule has 0 spiro atoms. The molecule has 0 bridgehead atoms. The Kier molecular flexibility index (Phi) is 11.3. The van der Waals surface area contributed by atoms with Gasteiger partial charge in [-0.1, -0.05) is 11.6 Å². The van der Waals surface area contributed by atoms with Crippen LogP contribution in [-0.4, -0.2) is 62.9 Å². The predicted molar refractivity (Wildman–Crippen MR) is 118 cm³/mol. The second kappa shape index (κ2) is 12.6. The molecule has 28 heavy (non-hydrogen) atoms.